The molecule has 376 valence electrons. The van der Waals surface area contributed by atoms with Gasteiger partial charge in [0.15, 0.2) is 0 Å². The number of carboxylic acid groups (broad SMARTS) is 3. The number of hydrogen-bond acceptors (Lipinski definition) is 12. The van der Waals surface area contributed by atoms with Gasteiger partial charge in [0.25, 0.3) is 5.78 Å². The molecule has 6 atom stereocenters. The van der Waals surface area contributed by atoms with Crippen molar-refractivity contribution in [1.29, 1.82) is 0 Å². The Morgan fingerprint density at radius 2 is 1.03 bits per heavy atom. The van der Waals surface area contributed by atoms with Gasteiger partial charge in [-0.2, -0.15) is 0 Å². The number of amides is 6. The predicted molar refractivity (Wildman–Crippen MR) is 237 cm³/mol. The fourth-order valence-electron chi connectivity index (χ4n) is 7.87. The first-order valence-corrected chi connectivity index (χ1v) is 22.1. The van der Waals surface area contributed by atoms with Crippen LogP contribution < -0.4 is 31.9 Å². The normalized spacial score (nSPS) is 15.2. The first kappa shape index (κ1) is 56.0. The maximum atomic E-state index is 14.9. The van der Waals surface area contributed by atoms with Crippen molar-refractivity contribution < 1.29 is 81.6 Å². The first-order chi connectivity index (χ1) is 32.7. The van der Waals surface area contributed by atoms with E-state index in [1.807, 2.05) is 0 Å². The van der Waals surface area contributed by atoms with Gasteiger partial charge in [-0.15, -0.1) is 0 Å². The Bertz CT molecular complexity index is 2090. The van der Waals surface area contributed by atoms with E-state index in [0.29, 0.717) is 24.0 Å². The number of carboxylic acids is 3. The quantitative estimate of drug-likeness (QED) is 0.0429. The summed E-state index contributed by atoms with van der Waals surface area (Å²) in [6.07, 6.45) is -4.57. The van der Waals surface area contributed by atoms with E-state index in [2.05, 4.69) is 36.6 Å². The fraction of sp³-hybridized carbons (Fsp3) is 0.500. The average Bonchev–Trinajstić information content (AvgIpc) is 3.30. The molecule has 0 saturated heterocycles. The van der Waals surface area contributed by atoms with Crippen LogP contribution in [0.2, 0.25) is 0 Å². The zero-order valence-corrected chi connectivity index (χ0v) is 38.0. The van der Waals surface area contributed by atoms with E-state index >= 15 is 0 Å². The van der Waals surface area contributed by atoms with Gasteiger partial charge in [0.2, 0.25) is 41.9 Å². The summed E-state index contributed by atoms with van der Waals surface area (Å²) >= 11 is 0. The molecular weight excluding hydrogens is 915 g/mol. The standard InChI is InChI=1S/C46H58F2N6O15/c1-25(55)49-33(24-37(60)61)44(66)50-30(19-21-36(58)59)42(64)54-39(38(27-14-8-4-9-15-27)28-16-10-5-11-17-28)45(67)51-29(18-20-35(56)57)41(63)53-32(22-26-12-6-3-7-13-26)43(65)52-31(23-34(47)48)40(62)46(68)69-2/h4-5,8-11,14-17,26,29-34,38-39H,3,6-7,12-13,18-24H2,1-2H3,(H,49,55)(H,50,66)(H,51,67)(H,52,65)(H,53,63)(H,54,64)(H,56,57)(H,58,59)(H,60,61)/t29-,30-,31?,32-,33-,39-/m0/s1. The Labute approximate surface area is 395 Å². The van der Waals surface area contributed by atoms with Crippen molar-refractivity contribution >= 4 is 65.1 Å². The lowest BCUT2D eigenvalue weighted by Gasteiger charge is -2.32. The van der Waals surface area contributed by atoms with Crippen molar-refractivity contribution in [3.05, 3.63) is 71.8 Å². The summed E-state index contributed by atoms with van der Waals surface area (Å²) in [5, 5.41) is 42.6. The Kier molecular flexibility index (Phi) is 22.8. The molecular formula is C46H58F2N6O15. The van der Waals surface area contributed by atoms with Gasteiger partial charge < -0.3 is 52.0 Å². The SMILES string of the molecule is COC(=O)C(=O)C(CC(F)F)NC(=O)[C@H](CC1CCCCC1)NC(=O)[C@H](CCC(=O)O)NC(=O)[C@@H](NC(=O)[C@H](CCC(=O)O)NC(=O)[C@H](CC(=O)O)NC(C)=O)C(c1ccccc1)c1ccccc1. The van der Waals surface area contributed by atoms with Crippen molar-refractivity contribution in [3.8, 4) is 0 Å². The predicted octanol–water partition coefficient (Wildman–Crippen LogP) is 1.32. The Morgan fingerprint density at radius 3 is 1.49 bits per heavy atom. The summed E-state index contributed by atoms with van der Waals surface area (Å²) < 4.78 is 31.6. The zero-order valence-electron chi connectivity index (χ0n) is 38.0. The van der Waals surface area contributed by atoms with Crippen LogP contribution in [0, 0.1) is 5.92 Å². The summed E-state index contributed by atoms with van der Waals surface area (Å²) in [6, 6.07) is 5.49. The van der Waals surface area contributed by atoms with Crippen LogP contribution in [0.4, 0.5) is 8.78 Å². The number of methoxy groups -OCH3 is 1. The molecule has 1 saturated carbocycles. The largest absolute Gasteiger partial charge is 0.481 e. The van der Waals surface area contributed by atoms with Crippen LogP contribution in [-0.4, -0.2) is 130 Å². The molecule has 1 unspecified atom stereocenters. The van der Waals surface area contributed by atoms with E-state index in [9.17, 15) is 76.8 Å². The highest BCUT2D eigenvalue weighted by Crippen LogP contribution is 2.30. The number of rotatable bonds is 28. The molecule has 1 fully saturated rings. The number of ketones is 1. The number of carbonyl (C=O) groups is 11. The number of esters is 1. The number of hydrogen-bond donors (Lipinski definition) is 9. The molecule has 0 aromatic heterocycles. The number of benzene rings is 2. The number of Topliss-reactive ketones (excluding diaryl/α,β-unsaturated/α-hetero) is 1. The topological polar surface area (TPSA) is 330 Å². The molecule has 1 aliphatic rings. The van der Waals surface area contributed by atoms with Crippen LogP contribution >= 0.6 is 0 Å². The van der Waals surface area contributed by atoms with Crippen LogP contribution in [0.5, 0.6) is 0 Å². The number of halogens is 2. The minimum atomic E-state index is -3.17. The highest BCUT2D eigenvalue weighted by atomic mass is 19.3. The van der Waals surface area contributed by atoms with Gasteiger partial charge in [-0.25, -0.2) is 13.6 Å². The molecule has 0 heterocycles. The van der Waals surface area contributed by atoms with Crippen molar-refractivity contribution in [2.75, 3.05) is 7.11 Å². The number of carbonyl (C=O) groups excluding carboxylic acids is 8. The van der Waals surface area contributed by atoms with Gasteiger partial charge in [-0.1, -0.05) is 92.8 Å². The average molecular weight is 973 g/mol. The lowest BCUT2D eigenvalue weighted by Crippen LogP contribution is -2.61. The maximum absolute atomic E-state index is 14.9. The van der Waals surface area contributed by atoms with E-state index in [4.69, 9.17) is 0 Å². The monoisotopic (exact) mass is 972 g/mol. The van der Waals surface area contributed by atoms with Gasteiger partial charge in [0.1, 0.15) is 36.3 Å². The third-order valence-electron chi connectivity index (χ3n) is 11.2. The van der Waals surface area contributed by atoms with Gasteiger partial charge >= 0.3 is 23.9 Å². The van der Waals surface area contributed by atoms with E-state index in [1.54, 1.807) is 60.7 Å². The number of alkyl halides is 2. The minimum absolute atomic E-state index is 0.0908. The van der Waals surface area contributed by atoms with Crippen molar-refractivity contribution in [3.63, 3.8) is 0 Å². The molecule has 69 heavy (non-hydrogen) atoms. The number of aliphatic carboxylic acids is 3. The second kappa shape index (κ2) is 28.1. The van der Waals surface area contributed by atoms with E-state index in [1.165, 1.54) is 0 Å². The lowest BCUT2D eigenvalue weighted by atomic mass is 9.84. The van der Waals surface area contributed by atoms with E-state index in [-0.39, 0.29) is 12.3 Å². The molecule has 2 aromatic rings. The zero-order chi connectivity index (χ0) is 51.2. The van der Waals surface area contributed by atoms with Gasteiger partial charge in [-0.3, -0.25) is 47.9 Å². The molecule has 9 N–H and O–H groups in total. The summed E-state index contributed by atoms with van der Waals surface area (Å²) in [6.45, 7) is 1.00. The molecule has 0 spiro atoms. The smallest absolute Gasteiger partial charge is 0.376 e. The molecule has 6 amide bonds. The first-order valence-electron chi connectivity index (χ1n) is 22.1. The second-order valence-electron chi connectivity index (χ2n) is 16.5. The van der Waals surface area contributed by atoms with Crippen LogP contribution in [0.25, 0.3) is 0 Å². The van der Waals surface area contributed by atoms with Crippen LogP contribution in [0.3, 0.4) is 0 Å². The van der Waals surface area contributed by atoms with Crippen molar-refractivity contribution in [1.82, 2.24) is 31.9 Å². The van der Waals surface area contributed by atoms with Crippen LogP contribution in [-0.2, 0) is 57.5 Å². The number of ether oxygens (including phenoxy) is 1. The van der Waals surface area contributed by atoms with Crippen LogP contribution in [0.15, 0.2) is 60.7 Å². The van der Waals surface area contributed by atoms with Gasteiger partial charge in [0.05, 0.1) is 13.5 Å². The Hall–Kier alpha value is -7.33. The minimum Gasteiger partial charge on any atom is -0.481 e. The van der Waals surface area contributed by atoms with Gasteiger partial charge in [0, 0.05) is 32.1 Å². The van der Waals surface area contributed by atoms with Crippen LogP contribution in [0.1, 0.15) is 101 Å². The van der Waals surface area contributed by atoms with E-state index < -0.39 is 152 Å². The highest BCUT2D eigenvalue weighted by Gasteiger charge is 2.39. The maximum Gasteiger partial charge on any atom is 0.376 e. The van der Waals surface area contributed by atoms with Gasteiger partial charge in [-0.05, 0) is 36.3 Å². The van der Waals surface area contributed by atoms with Crippen molar-refractivity contribution in [2.45, 2.75) is 133 Å². The Balaban J connectivity index is 2.13. The molecule has 2 aromatic carbocycles. The van der Waals surface area contributed by atoms with Crippen molar-refractivity contribution in [2.24, 2.45) is 5.92 Å². The number of nitrogens with one attached hydrogen (secondary N) is 6. The summed E-state index contributed by atoms with van der Waals surface area (Å²) in [5.74, 6) is -15.2. The molecule has 23 heteroatoms. The molecule has 1 aliphatic carbocycles. The fourth-order valence-corrected chi connectivity index (χ4v) is 7.87. The molecule has 21 nitrogen and oxygen atoms in total. The molecule has 0 bridgehead atoms. The second-order valence-corrected chi connectivity index (χ2v) is 16.5. The molecule has 3 rings (SSSR count). The molecule has 0 radical (unpaired) electrons. The van der Waals surface area contributed by atoms with E-state index in [0.717, 1.165) is 33.3 Å². The third kappa shape index (κ3) is 19.1. The molecule has 0 aliphatic heterocycles. The lowest BCUT2D eigenvalue weighted by molar-refractivity contribution is -0.153. The summed E-state index contributed by atoms with van der Waals surface area (Å²) in [5.41, 5.74) is 0.802. The Morgan fingerprint density at radius 1 is 0.580 bits per heavy atom. The summed E-state index contributed by atoms with van der Waals surface area (Å²) in [7, 11) is 0.836. The third-order valence-corrected chi connectivity index (χ3v) is 11.2. The highest BCUT2D eigenvalue weighted by molar-refractivity contribution is 6.36. The summed E-state index contributed by atoms with van der Waals surface area (Å²) in [4.78, 5) is 143.